The summed E-state index contributed by atoms with van der Waals surface area (Å²) in [6.07, 6.45) is 3.94. The van der Waals surface area contributed by atoms with Crippen LogP contribution in [0.3, 0.4) is 0 Å². The minimum Gasteiger partial charge on any atom is -0.375 e. The van der Waals surface area contributed by atoms with E-state index >= 15 is 0 Å². The van der Waals surface area contributed by atoms with Crippen LogP contribution in [0.1, 0.15) is 19.8 Å². The van der Waals surface area contributed by atoms with E-state index in [-0.39, 0.29) is 12.0 Å². The van der Waals surface area contributed by atoms with E-state index in [0.717, 1.165) is 25.3 Å². The molecule has 0 aliphatic carbocycles. The SMILES string of the molecule is CC[C@@H]1CN(C(=O)CCSC)CCO1. The van der Waals surface area contributed by atoms with Gasteiger partial charge < -0.3 is 9.64 Å². The molecule has 0 aromatic rings. The second-order valence-electron chi connectivity index (χ2n) is 3.48. The van der Waals surface area contributed by atoms with E-state index in [1.54, 1.807) is 11.8 Å². The van der Waals surface area contributed by atoms with Gasteiger partial charge in [-0.05, 0) is 12.7 Å². The van der Waals surface area contributed by atoms with Gasteiger partial charge in [0.15, 0.2) is 0 Å². The number of morpholine rings is 1. The number of carbonyl (C=O) groups is 1. The summed E-state index contributed by atoms with van der Waals surface area (Å²) >= 11 is 1.72. The first-order chi connectivity index (χ1) is 6.77. The number of thioether (sulfide) groups is 1. The standard InChI is InChI=1S/C10H19NO2S/c1-3-9-8-11(5-6-13-9)10(12)4-7-14-2/h9H,3-8H2,1-2H3/t9-/m1/s1. The zero-order chi connectivity index (χ0) is 10.4. The molecule has 1 heterocycles. The molecule has 1 aliphatic heterocycles. The van der Waals surface area contributed by atoms with Gasteiger partial charge in [0.1, 0.15) is 0 Å². The van der Waals surface area contributed by atoms with E-state index in [1.807, 2.05) is 11.2 Å². The van der Waals surface area contributed by atoms with Crippen molar-refractivity contribution in [3.8, 4) is 0 Å². The lowest BCUT2D eigenvalue weighted by molar-refractivity contribution is -0.138. The van der Waals surface area contributed by atoms with Crippen molar-refractivity contribution in [1.29, 1.82) is 0 Å². The summed E-state index contributed by atoms with van der Waals surface area (Å²) in [6.45, 7) is 4.34. The van der Waals surface area contributed by atoms with Crippen LogP contribution in [0.4, 0.5) is 0 Å². The van der Waals surface area contributed by atoms with Crippen LogP contribution < -0.4 is 0 Å². The van der Waals surface area contributed by atoms with Gasteiger partial charge in [-0.1, -0.05) is 6.92 Å². The van der Waals surface area contributed by atoms with Crippen molar-refractivity contribution < 1.29 is 9.53 Å². The summed E-state index contributed by atoms with van der Waals surface area (Å²) in [6, 6.07) is 0. The Labute approximate surface area is 90.2 Å². The smallest absolute Gasteiger partial charge is 0.223 e. The third kappa shape index (κ3) is 3.50. The molecule has 0 bridgehead atoms. The number of ether oxygens (including phenoxy) is 1. The van der Waals surface area contributed by atoms with Crippen molar-refractivity contribution in [2.45, 2.75) is 25.9 Å². The van der Waals surface area contributed by atoms with Crippen LogP contribution in [0, 0.1) is 0 Å². The minimum absolute atomic E-state index is 0.252. The first-order valence-electron chi connectivity index (χ1n) is 5.16. The Morgan fingerprint density at radius 1 is 1.64 bits per heavy atom. The fraction of sp³-hybridized carbons (Fsp3) is 0.900. The van der Waals surface area contributed by atoms with Crippen LogP contribution in [-0.2, 0) is 9.53 Å². The lowest BCUT2D eigenvalue weighted by atomic mass is 10.2. The second kappa shape index (κ2) is 6.30. The Kier molecular flexibility index (Phi) is 5.33. The zero-order valence-electron chi connectivity index (χ0n) is 8.99. The maximum absolute atomic E-state index is 11.7. The summed E-state index contributed by atoms with van der Waals surface area (Å²) in [5.74, 6) is 1.20. The van der Waals surface area contributed by atoms with Gasteiger partial charge in [0, 0.05) is 25.3 Å². The van der Waals surface area contributed by atoms with Crippen LogP contribution in [0.2, 0.25) is 0 Å². The largest absolute Gasteiger partial charge is 0.375 e. The molecular weight excluding hydrogens is 198 g/mol. The maximum Gasteiger partial charge on any atom is 0.223 e. The molecule has 1 saturated heterocycles. The Bertz CT molecular complexity index is 187. The summed E-state index contributed by atoms with van der Waals surface area (Å²) in [4.78, 5) is 13.6. The average Bonchev–Trinajstić information content (AvgIpc) is 2.26. The third-order valence-corrected chi connectivity index (χ3v) is 3.08. The maximum atomic E-state index is 11.7. The number of hydrogen-bond acceptors (Lipinski definition) is 3. The molecule has 1 fully saturated rings. The number of rotatable bonds is 4. The van der Waals surface area contributed by atoms with E-state index in [0.29, 0.717) is 13.0 Å². The van der Waals surface area contributed by atoms with E-state index in [1.165, 1.54) is 0 Å². The lowest BCUT2D eigenvalue weighted by Gasteiger charge is -2.32. The summed E-state index contributed by atoms with van der Waals surface area (Å²) < 4.78 is 5.51. The monoisotopic (exact) mass is 217 g/mol. The molecule has 1 atom stereocenters. The van der Waals surface area contributed by atoms with Gasteiger partial charge in [-0.15, -0.1) is 0 Å². The molecule has 0 spiro atoms. The highest BCUT2D eigenvalue weighted by Crippen LogP contribution is 2.10. The predicted octanol–water partition coefficient (Wildman–Crippen LogP) is 1.38. The van der Waals surface area contributed by atoms with E-state index in [9.17, 15) is 4.79 Å². The first-order valence-corrected chi connectivity index (χ1v) is 6.55. The molecule has 0 aromatic heterocycles. The summed E-state index contributed by atoms with van der Waals surface area (Å²) in [5, 5.41) is 0. The molecular formula is C10H19NO2S. The van der Waals surface area contributed by atoms with Crippen LogP contribution in [0.15, 0.2) is 0 Å². The molecule has 0 N–H and O–H groups in total. The van der Waals surface area contributed by atoms with Gasteiger partial charge in [0.25, 0.3) is 0 Å². The molecule has 14 heavy (non-hydrogen) atoms. The third-order valence-electron chi connectivity index (χ3n) is 2.47. The quantitative estimate of drug-likeness (QED) is 0.712. The number of amides is 1. The predicted molar refractivity (Wildman–Crippen MR) is 59.6 cm³/mol. The molecule has 1 rings (SSSR count). The van der Waals surface area contributed by atoms with Gasteiger partial charge in [0.2, 0.25) is 5.91 Å². The van der Waals surface area contributed by atoms with Gasteiger partial charge >= 0.3 is 0 Å². The Hall–Kier alpha value is -0.220. The van der Waals surface area contributed by atoms with Crippen molar-refractivity contribution >= 4 is 17.7 Å². The zero-order valence-corrected chi connectivity index (χ0v) is 9.81. The average molecular weight is 217 g/mol. The van der Waals surface area contributed by atoms with Gasteiger partial charge in [-0.3, -0.25) is 4.79 Å². The topological polar surface area (TPSA) is 29.5 Å². The Morgan fingerprint density at radius 2 is 2.43 bits per heavy atom. The van der Waals surface area contributed by atoms with Gasteiger partial charge in [0.05, 0.1) is 12.7 Å². The van der Waals surface area contributed by atoms with Gasteiger partial charge in [-0.25, -0.2) is 0 Å². The van der Waals surface area contributed by atoms with Gasteiger partial charge in [-0.2, -0.15) is 11.8 Å². The fourth-order valence-electron chi connectivity index (χ4n) is 1.54. The summed E-state index contributed by atoms with van der Waals surface area (Å²) in [7, 11) is 0. The minimum atomic E-state index is 0.252. The molecule has 1 aliphatic rings. The normalized spacial score (nSPS) is 22.4. The molecule has 0 radical (unpaired) electrons. The summed E-state index contributed by atoms with van der Waals surface area (Å²) in [5.41, 5.74) is 0. The van der Waals surface area contributed by atoms with Crippen molar-refractivity contribution in [3.63, 3.8) is 0 Å². The number of carbonyl (C=O) groups excluding carboxylic acids is 1. The molecule has 3 nitrogen and oxygen atoms in total. The number of hydrogen-bond donors (Lipinski definition) is 0. The van der Waals surface area contributed by atoms with Crippen molar-refractivity contribution in [2.75, 3.05) is 31.7 Å². The van der Waals surface area contributed by atoms with Crippen LogP contribution in [-0.4, -0.2) is 48.6 Å². The highest BCUT2D eigenvalue weighted by atomic mass is 32.2. The Balaban J connectivity index is 2.31. The Morgan fingerprint density at radius 3 is 3.07 bits per heavy atom. The van der Waals surface area contributed by atoms with E-state index < -0.39 is 0 Å². The van der Waals surface area contributed by atoms with Crippen molar-refractivity contribution in [3.05, 3.63) is 0 Å². The molecule has 4 heteroatoms. The second-order valence-corrected chi connectivity index (χ2v) is 4.47. The first kappa shape index (κ1) is 11.9. The van der Waals surface area contributed by atoms with Crippen LogP contribution in [0.25, 0.3) is 0 Å². The highest BCUT2D eigenvalue weighted by Gasteiger charge is 2.22. The van der Waals surface area contributed by atoms with E-state index in [4.69, 9.17) is 4.74 Å². The van der Waals surface area contributed by atoms with E-state index in [2.05, 4.69) is 6.92 Å². The van der Waals surface area contributed by atoms with Crippen LogP contribution in [0.5, 0.6) is 0 Å². The molecule has 1 amide bonds. The molecule has 0 aromatic carbocycles. The highest BCUT2D eigenvalue weighted by molar-refractivity contribution is 7.98. The molecule has 0 saturated carbocycles. The molecule has 0 unspecified atom stereocenters. The van der Waals surface area contributed by atoms with Crippen molar-refractivity contribution in [1.82, 2.24) is 4.90 Å². The van der Waals surface area contributed by atoms with Crippen LogP contribution >= 0.6 is 11.8 Å². The molecule has 82 valence electrons. The lowest BCUT2D eigenvalue weighted by Crippen LogP contribution is -2.45. The van der Waals surface area contributed by atoms with Crippen molar-refractivity contribution in [2.24, 2.45) is 0 Å². The fourth-order valence-corrected chi connectivity index (χ4v) is 1.92. The number of nitrogens with zero attached hydrogens (tertiary/aromatic N) is 1.